The number of anilines is 2. The van der Waals surface area contributed by atoms with E-state index in [0.29, 0.717) is 6.54 Å². The zero-order valence-electron chi connectivity index (χ0n) is 10.0. The van der Waals surface area contributed by atoms with Crippen molar-refractivity contribution in [3.05, 3.63) is 11.9 Å². The number of aliphatic hydroxyl groups excluding tert-OH is 1. The molecule has 0 aromatic carbocycles. The highest BCUT2D eigenvalue weighted by Gasteiger charge is 2.35. The molecule has 0 aliphatic heterocycles. The molecule has 0 aliphatic rings. The molecule has 0 radical (unpaired) electrons. The smallest absolute Gasteiger partial charge is 0.394 e. The lowest BCUT2D eigenvalue weighted by Gasteiger charge is -2.14. The Morgan fingerprint density at radius 3 is 2.44 bits per heavy atom. The Labute approximate surface area is 102 Å². The molecule has 18 heavy (non-hydrogen) atoms. The van der Waals surface area contributed by atoms with Crippen molar-refractivity contribution in [1.29, 1.82) is 0 Å². The quantitative estimate of drug-likeness (QED) is 0.755. The van der Waals surface area contributed by atoms with Gasteiger partial charge in [0.1, 0.15) is 11.6 Å². The molecule has 0 aliphatic carbocycles. The summed E-state index contributed by atoms with van der Waals surface area (Å²) >= 11 is 0. The van der Waals surface area contributed by atoms with E-state index in [1.54, 1.807) is 13.8 Å². The average molecular weight is 264 g/mol. The Bertz CT molecular complexity index is 397. The molecule has 1 aromatic heterocycles. The molecular formula is C10H15F3N4O. The summed E-state index contributed by atoms with van der Waals surface area (Å²) in [7, 11) is 0. The van der Waals surface area contributed by atoms with Gasteiger partial charge in [-0.3, -0.25) is 0 Å². The Hall–Kier alpha value is -1.57. The predicted molar refractivity (Wildman–Crippen MR) is 61.4 cm³/mol. The van der Waals surface area contributed by atoms with E-state index in [1.165, 1.54) is 6.07 Å². The Morgan fingerprint density at radius 2 is 1.94 bits per heavy atom. The molecule has 0 saturated carbocycles. The molecular weight excluding hydrogens is 249 g/mol. The maximum absolute atomic E-state index is 12.6. The van der Waals surface area contributed by atoms with Gasteiger partial charge in [0.25, 0.3) is 0 Å². The summed E-state index contributed by atoms with van der Waals surface area (Å²) in [4.78, 5) is 6.75. The normalized spacial score (nSPS) is 13.2. The van der Waals surface area contributed by atoms with Crippen molar-refractivity contribution in [3.8, 4) is 0 Å². The van der Waals surface area contributed by atoms with E-state index in [2.05, 4.69) is 20.6 Å². The van der Waals surface area contributed by atoms with Crippen molar-refractivity contribution in [2.45, 2.75) is 26.1 Å². The third-order valence-electron chi connectivity index (χ3n) is 2.01. The van der Waals surface area contributed by atoms with Crippen molar-refractivity contribution in [3.63, 3.8) is 0 Å². The van der Waals surface area contributed by atoms with Crippen LogP contribution >= 0.6 is 0 Å². The first kappa shape index (κ1) is 14.5. The van der Waals surface area contributed by atoms with E-state index in [0.717, 1.165) is 0 Å². The zero-order chi connectivity index (χ0) is 13.8. The van der Waals surface area contributed by atoms with Crippen LogP contribution in [-0.4, -0.2) is 34.3 Å². The standard InChI is InChI=1S/C10H15F3N4O/c1-3-14-7-4-8(15-6(2)5-18)17-9(16-7)10(11,12)13/h4,6,18H,3,5H2,1-2H3,(H2,14,15,16,17). The minimum Gasteiger partial charge on any atom is -0.394 e. The number of nitrogens with one attached hydrogen (secondary N) is 2. The van der Waals surface area contributed by atoms with Crippen LogP contribution in [0.1, 0.15) is 19.7 Å². The Balaban J connectivity index is 3.06. The second-order valence-corrected chi connectivity index (χ2v) is 3.72. The minimum atomic E-state index is -4.61. The third-order valence-corrected chi connectivity index (χ3v) is 2.01. The second kappa shape index (κ2) is 5.85. The monoisotopic (exact) mass is 264 g/mol. The van der Waals surface area contributed by atoms with Crippen LogP contribution in [0.2, 0.25) is 0 Å². The van der Waals surface area contributed by atoms with E-state index < -0.39 is 18.0 Å². The van der Waals surface area contributed by atoms with Crippen molar-refractivity contribution in [1.82, 2.24) is 9.97 Å². The zero-order valence-corrected chi connectivity index (χ0v) is 10.0. The highest BCUT2D eigenvalue weighted by molar-refractivity contribution is 5.48. The van der Waals surface area contributed by atoms with Crippen LogP contribution < -0.4 is 10.6 Å². The molecule has 0 fully saturated rings. The number of nitrogens with zero attached hydrogens (tertiary/aromatic N) is 2. The first-order valence-electron chi connectivity index (χ1n) is 5.44. The number of hydrogen-bond donors (Lipinski definition) is 3. The fourth-order valence-electron chi connectivity index (χ4n) is 1.22. The lowest BCUT2D eigenvalue weighted by Crippen LogP contribution is -2.22. The van der Waals surface area contributed by atoms with Crippen molar-refractivity contribution < 1.29 is 18.3 Å². The van der Waals surface area contributed by atoms with Gasteiger partial charge >= 0.3 is 6.18 Å². The van der Waals surface area contributed by atoms with Crippen molar-refractivity contribution >= 4 is 11.6 Å². The first-order valence-corrected chi connectivity index (χ1v) is 5.44. The van der Waals surface area contributed by atoms with Crippen LogP contribution in [0, 0.1) is 0 Å². The molecule has 3 N–H and O–H groups in total. The average Bonchev–Trinajstić information content (AvgIpc) is 2.27. The molecule has 5 nitrogen and oxygen atoms in total. The SMILES string of the molecule is CCNc1cc(NC(C)CO)nc(C(F)(F)F)n1. The molecule has 1 rings (SSSR count). The fraction of sp³-hybridized carbons (Fsp3) is 0.600. The lowest BCUT2D eigenvalue weighted by atomic mass is 10.3. The van der Waals surface area contributed by atoms with Crippen molar-refractivity contribution in [2.75, 3.05) is 23.8 Å². The number of rotatable bonds is 5. The fourth-order valence-corrected chi connectivity index (χ4v) is 1.22. The Morgan fingerprint density at radius 1 is 1.33 bits per heavy atom. The topological polar surface area (TPSA) is 70.1 Å². The van der Waals surface area contributed by atoms with Gasteiger partial charge in [-0.05, 0) is 13.8 Å². The van der Waals surface area contributed by atoms with Gasteiger partial charge in [0.15, 0.2) is 0 Å². The van der Waals surface area contributed by atoms with Crippen LogP contribution in [0.15, 0.2) is 6.07 Å². The summed E-state index contributed by atoms with van der Waals surface area (Å²) in [6.45, 7) is 3.62. The van der Waals surface area contributed by atoms with E-state index in [9.17, 15) is 13.2 Å². The largest absolute Gasteiger partial charge is 0.451 e. The minimum absolute atomic E-state index is 0.0230. The van der Waals surface area contributed by atoms with Crippen molar-refractivity contribution in [2.24, 2.45) is 0 Å². The molecule has 8 heteroatoms. The maximum atomic E-state index is 12.6. The maximum Gasteiger partial charge on any atom is 0.451 e. The number of halogens is 3. The van der Waals surface area contributed by atoms with Crippen LogP contribution in [0.3, 0.4) is 0 Å². The van der Waals surface area contributed by atoms with E-state index in [1.807, 2.05) is 0 Å². The van der Waals surface area contributed by atoms with Gasteiger partial charge in [-0.2, -0.15) is 13.2 Å². The van der Waals surface area contributed by atoms with E-state index in [-0.39, 0.29) is 18.2 Å². The summed E-state index contributed by atoms with van der Waals surface area (Å²) in [6.07, 6.45) is -4.61. The van der Waals surface area contributed by atoms with Gasteiger partial charge in [0.05, 0.1) is 6.61 Å². The van der Waals surface area contributed by atoms with Crippen LogP contribution in [0.4, 0.5) is 24.8 Å². The molecule has 1 heterocycles. The summed E-state index contributed by atoms with van der Waals surface area (Å²) < 4.78 is 37.7. The summed E-state index contributed by atoms with van der Waals surface area (Å²) in [5.41, 5.74) is 0. The van der Waals surface area contributed by atoms with Gasteiger partial charge < -0.3 is 15.7 Å². The molecule has 102 valence electrons. The molecule has 0 spiro atoms. The van der Waals surface area contributed by atoms with Gasteiger partial charge in [0, 0.05) is 18.7 Å². The van der Waals surface area contributed by atoms with Gasteiger partial charge in [-0.1, -0.05) is 0 Å². The summed E-state index contributed by atoms with van der Waals surface area (Å²) in [5.74, 6) is -1.10. The van der Waals surface area contributed by atoms with Gasteiger partial charge in [0.2, 0.25) is 5.82 Å². The molecule has 1 atom stereocenters. The molecule has 0 amide bonds. The highest BCUT2D eigenvalue weighted by atomic mass is 19.4. The third kappa shape index (κ3) is 4.02. The molecule has 0 saturated heterocycles. The predicted octanol–water partition coefficient (Wildman–Crippen LogP) is 1.72. The lowest BCUT2D eigenvalue weighted by molar-refractivity contribution is -0.144. The Kier molecular flexibility index (Phi) is 4.71. The highest BCUT2D eigenvalue weighted by Crippen LogP contribution is 2.28. The number of alkyl halides is 3. The second-order valence-electron chi connectivity index (χ2n) is 3.72. The van der Waals surface area contributed by atoms with Crippen LogP contribution in [0.25, 0.3) is 0 Å². The number of aromatic nitrogens is 2. The van der Waals surface area contributed by atoms with Crippen LogP contribution in [0.5, 0.6) is 0 Å². The van der Waals surface area contributed by atoms with E-state index >= 15 is 0 Å². The summed E-state index contributed by atoms with van der Waals surface area (Å²) in [6, 6.07) is 0.973. The van der Waals surface area contributed by atoms with Gasteiger partial charge in [-0.15, -0.1) is 0 Å². The number of hydrogen-bond acceptors (Lipinski definition) is 5. The van der Waals surface area contributed by atoms with Gasteiger partial charge in [-0.25, -0.2) is 9.97 Å². The number of aliphatic hydroxyl groups is 1. The van der Waals surface area contributed by atoms with E-state index in [4.69, 9.17) is 5.11 Å². The van der Waals surface area contributed by atoms with Crippen LogP contribution in [-0.2, 0) is 6.18 Å². The molecule has 0 bridgehead atoms. The first-order chi connectivity index (χ1) is 8.36. The molecule has 1 unspecified atom stereocenters. The molecule has 1 aromatic rings. The summed E-state index contributed by atoms with van der Waals surface area (Å²) in [5, 5.41) is 14.2.